The highest BCUT2D eigenvalue weighted by atomic mass is 127. The van der Waals surface area contributed by atoms with E-state index in [4.69, 9.17) is 0 Å². The van der Waals surface area contributed by atoms with Crippen molar-refractivity contribution in [3.05, 3.63) is 93.3 Å². The molecule has 0 radical (unpaired) electrons. The quantitative estimate of drug-likeness (QED) is 0.572. The summed E-state index contributed by atoms with van der Waals surface area (Å²) in [5.74, 6) is -0.551. The number of carbonyl (C=O) groups is 2. The molecule has 2 aromatic carbocycles. The van der Waals surface area contributed by atoms with E-state index in [2.05, 4.69) is 38.2 Å². The summed E-state index contributed by atoms with van der Waals surface area (Å²) in [6.45, 7) is 0.418. The number of halogens is 1. The topological polar surface area (TPSA) is 71.1 Å². The summed E-state index contributed by atoms with van der Waals surface area (Å²) in [6.07, 6.45) is 3.08. The van der Waals surface area contributed by atoms with Gasteiger partial charge in [-0.2, -0.15) is 0 Å². The molecule has 0 aliphatic heterocycles. The van der Waals surface area contributed by atoms with Crippen LogP contribution in [0.4, 0.5) is 5.69 Å². The van der Waals surface area contributed by atoms with Crippen molar-refractivity contribution in [3.63, 3.8) is 0 Å². The Bertz CT molecular complexity index is 915. The molecule has 130 valence electrons. The molecule has 0 aliphatic carbocycles. The average Bonchev–Trinajstić information content (AvgIpc) is 2.69. The molecule has 2 N–H and O–H groups in total. The molecule has 3 aromatic rings. The normalized spacial score (nSPS) is 10.2. The van der Waals surface area contributed by atoms with E-state index in [1.54, 1.807) is 30.5 Å². The summed E-state index contributed by atoms with van der Waals surface area (Å²) in [4.78, 5) is 28.9. The van der Waals surface area contributed by atoms with Gasteiger partial charge in [0.1, 0.15) is 0 Å². The van der Waals surface area contributed by atoms with Gasteiger partial charge in [0.15, 0.2) is 0 Å². The van der Waals surface area contributed by atoms with Crippen molar-refractivity contribution in [3.8, 4) is 0 Å². The Hall–Kier alpha value is -2.74. The third-order valence-corrected chi connectivity index (χ3v) is 4.37. The summed E-state index contributed by atoms with van der Waals surface area (Å²) in [5.41, 5.74) is 2.32. The fourth-order valence-corrected chi connectivity index (χ4v) is 2.87. The average molecular weight is 457 g/mol. The van der Waals surface area contributed by atoms with Crippen molar-refractivity contribution in [1.82, 2.24) is 10.3 Å². The van der Waals surface area contributed by atoms with Crippen LogP contribution in [-0.2, 0) is 6.54 Å². The number of amides is 2. The molecular formula is C20H16IN3O2. The Morgan fingerprint density at radius 2 is 1.77 bits per heavy atom. The first-order chi connectivity index (χ1) is 12.6. The summed E-state index contributed by atoms with van der Waals surface area (Å²) in [6, 6.07) is 18.3. The van der Waals surface area contributed by atoms with Gasteiger partial charge in [-0.1, -0.05) is 30.3 Å². The zero-order valence-electron chi connectivity index (χ0n) is 13.8. The monoisotopic (exact) mass is 457 g/mol. The molecule has 26 heavy (non-hydrogen) atoms. The van der Waals surface area contributed by atoms with E-state index in [0.29, 0.717) is 23.4 Å². The number of nitrogens with one attached hydrogen (secondary N) is 2. The summed E-state index contributed by atoms with van der Waals surface area (Å²) < 4.78 is 0.909. The van der Waals surface area contributed by atoms with Gasteiger partial charge in [-0.05, 0) is 58.5 Å². The number of nitrogens with zero attached hydrogens (tertiary/aromatic N) is 1. The highest BCUT2D eigenvalue weighted by Gasteiger charge is 2.15. The first-order valence-electron chi connectivity index (χ1n) is 7.96. The van der Waals surface area contributed by atoms with Crippen molar-refractivity contribution in [2.24, 2.45) is 0 Å². The molecule has 2 amide bonds. The second kappa shape index (κ2) is 8.57. The fraction of sp³-hybridized carbons (Fsp3) is 0.0500. The molecule has 0 aliphatic rings. The number of benzene rings is 2. The number of aromatic nitrogens is 1. The summed E-state index contributed by atoms with van der Waals surface area (Å²) in [5, 5.41) is 5.68. The minimum Gasteiger partial charge on any atom is -0.348 e. The van der Waals surface area contributed by atoms with Gasteiger partial charge >= 0.3 is 0 Å². The van der Waals surface area contributed by atoms with Crippen molar-refractivity contribution >= 4 is 40.1 Å². The highest BCUT2D eigenvalue weighted by molar-refractivity contribution is 14.1. The van der Waals surface area contributed by atoms with Crippen molar-refractivity contribution in [2.45, 2.75) is 6.54 Å². The summed E-state index contributed by atoms with van der Waals surface area (Å²) in [7, 11) is 0. The smallest absolute Gasteiger partial charge is 0.257 e. The number of carbonyl (C=O) groups excluding carboxylic acids is 2. The number of rotatable bonds is 5. The number of hydrogen-bond acceptors (Lipinski definition) is 3. The number of pyridine rings is 1. The SMILES string of the molecule is O=C(Nc1ccc(I)cc1C(=O)NCc1ccccc1)c1cccnc1. The van der Waals surface area contributed by atoms with E-state index in [-0.39, 0.29) is 11.8 Å². The van der Waals surface area contributed by atoms with Crippen LogP contribution in [0, 0.1) is 3.57 Å². The lowest BCUT2D eigenvalue weighted by Crippen LogP contribution is -2.25. The molecule has 3 rings (SSSR count). The van der Waals surface area contributed by atoms with Crippen molar-refractivity contribution < 1.29 is 9.59 Å². The van der Waals surface area contributed by atoms with Crippen molar-refractivity contribution in [2.75, 3.05) is 5.32 Å². The minimum absolute atomic E-state index is 0.242. The second-order valence-electron chi connectivity index (χ2n) is 5.55. The molecule has 0 saturated carbocycles. The van der Waals surface area contributed by atoms with Crippen LogP contribution >= 0.6 is 22.6 Å². The van der Waals surface area contributed by atoms with E-state index in [1.165, 1.54) is 6.20 Å². The van der Waals surface area contributed by atoms with Crippen LogP contribution in [0.2, 0.25) is 0 Å². The molecule has 0 atom stereocenters. The Morgan fingerprint density at radius 1 is 0.962 bits per heavy atom. The van der Waals surface area contributed by atoms with Gasteiger partial charge < -0.3 is 10.6 Å². The van der Waals surface area contributed by atoms with Gasteiger partial charge in [0.25, 0.3) is 11.8 Å². The van der Waals surface area contributed by atoms with Crippen LogP contribution in [0.25, 0.3) is 0 Å². The van der Waals surface area contributed by atoms with Crippen LogP contribution in [0.1, 0.15) is 26.3 Å². The molecule has 0 bridgehead atoms. The Balaban J connectivity index is 1.77. The number of hydrogen-bond donors (Lipinski definition) is 2. The van der Waals surface area contributed by atoms with E-state index in [9.17, 15) is 9.59 Å². The first kappa shape index (κ1) is 18.1. The first-order valence-corrected chi connectivity index (χ1v) is 9.04. The van der Waals surface area contributed by atoms with Crippen molar-refractivity contribution in [1.29, 1.82) is 0 Å². The van der Waals surface area contributed by atoms with Gasteiger partial charge in [-0.25, -0.2) is 0 Å². The predicted molar refractivity (Wildman–Crippen MR) is 109 cm³/mol. The Morgan fingerprint density at radius 3 is 2.50 bits per heavy atom. The Labute approximate surface area is 165 Å². The van der Waals surface area contributed by atoms with Gasteiger partial charge in [0, 0.05) is 22.5 Å². The fourth-order valence-electron chi connectivity index (χ4n) is 2.38. The van der Waals surface area contributed by atoms with Gasteiger partial charge in [0.2, 0.25) is 0 Å². The predicted octanol–water partition coefficient (Wildman–Crippen LogP) is 3.87. The van der Waals surface area contributed by atoms with Gasteiger partial charge in [-0.15, -0.1) is 0 Å². The van der Waals surface area contributed by atoms with Crippen LogP contribution in [0.5, 0.6) is 0 Å². The molecule has 5 nitrogen and oxygen atoms in total. The third kappa shape index (κ3) is 4.66. The van der Waals surface area contributed by atoms with Gasteiger partial charge in [-0.3, -0.25) is 14.6 Å². The zero-order valence-corrected chi connectivity index (χ0v) is 15.9. The molecule has 0 fully saturated rings. The third-order valence-electron chi connectivity index (χ3n) is 3.69. The molecular weight excluding hydrogens is 441 g/mol. The van der Waals surface area contributed by atoms with E-state index in [0.717, 1.165) is 9.13 Å². The van der Waals surface area contributed by atoms with E-state index < -0.39 is 0 Å². The maximum absolute atomic E-state index is 12.6. The lowest BCUT2D eigenvalue weighted by molar-refractivity contribution is 0.0951. The molecule has 0 saturated heterocycles. The molecule has 0 spiro atoms. The largest absolute Gasteiger partial charge is 0.348 e. The minimum atomic E-state index is -0.309. The number of anilines is 1. The molecule has 6 heteroatoms. The maximum atomic E-state index is 12.6. The molecule has 0 unspecified atom stereocenters. The van der Waals surface area contributed by atoms with Crippen LogP contribution in [0.15, 0.2) is 73.1 Å². The second-order valence-corrected chi connectivity index (χ2v) is 6.80. The Kier molecular flexibility index (Phi) is 5.96. The van der Waals surface area contributed by atoms with Crippen LogP contribution in [0.3, 0.4) is 0 Å². The molecule has 1 heterocycles. The van der Waals surface area contributed by atoms with Gasteiger partial charge in [0.05, 0.1) is 16.8 Å². The molecule has 1 aromatic heterocycles. The summed E-state index contributed by atoms with van der Waals surface area (Å²) >= 11 is 2.14. The lowest BCUT2D eigenvalue weighted by Gasteiger charge is -2.12. The highest BCUT2D eigenvalue weighted by Crippen LogP contribution is 2.20. The standard InChI is InChI=1S/C20H16IN3O2/c21-16-8-9-18(24-19(25)15-7-4-10-22-13-15)17(11-16)20(26)23-12-14-5-2-1-3-6-14/h1-11,13H,12H2,(H,23,26)(H,24,25). The maximum Gasteiger partial charge on any atom is 0.257 e. The van der Waals surface area contributed by atoms with Crippen LogP contribution < -0.4 is 10.6 Å². The zero-order chi connectivity index (χ0) is 18.4. The van der Waals surface area contributed by atoms with E-state index >= 15 is 0 Å². The van der Waals surface area contributed by atoms with E-state index in [1.807, 2.05) is 36.4 Å². The van der Waals surface area contributed by atoms with Crippen LogP contribution in [-0.4, -0.2) is 16.8 Å². The lowest BCUT2D eigenvalue weighted by atomic mass is 10.1.